The van der Waals surface area contributed by atoms with Gasteiger partial charge in [0.1, 0.15) is 5.82 Å². The Morgan fingerprint density at radius 2 is 2.25 bits per heavy atom. The highest BCUT2D eigenvalue weighted by Crippen LogP contribution is 2.38. The van der Waals surface area contributed by atoms with Crippen molar-refractivity contribution >= 4 is 11.8 Å². The van der Waals surface area contributed by atoms with E-state index in [9.17, 15) is 0 Å². The Hall–Kier alpha value is -0.480. The maximum atomic E-state index is 6.10. The Bertz CT molecular complexity index is 368. The number of hydrogen-bond donors (Lipinski definition) is 1. The highest BCUT2D eigenvalue weighted by Gasteiger charge is 2.24. The minimum atomic E-state index is 0.163. The van der Waals surface area contributed by atoms with Crippen LogP contribution in [0.5, 0.6) is 0 Å². The molecule has 4 heteroatoms. The number of hydrogen-bond acceptors (Lipinski definition) is 3. The molecular weight excluding hydrogens is 218 g/mol. The van der Waals surface area contributed by atoms with Crippen LogP contribution in [-0.4, -0.2) is 15.3 Å². The van der Waals surface area contributed by atoms with Crippen molar-refractivity contribution in [2.45, 2.75) is 49.9 Å². The molecule has 2 atom stereocenters. The Morgan fingerprint density at radius 3 is 3.00 bits per heavy atom. The predicted molar refractivity (Wildman–Crippen MR) is 67.4 cm³/mol. The van der Waals surface area contributed by atoms with Crippen LogP contribution in [0.2, 0.25) is 0 Å². The zero-order chi connectivity index (χ0) is 11.0. The molecule has 1 fully saturated rings. The largest absolute Gasteiger partial charge is 0.333 e. The topological polar surface area (TPSA) is 43.8 Å². The smallest absolute Gasteiger partial charge is 0.126 e. The van der Waals surface area contributed by atoms with Crippen molar-refractivity contribution in [1.29, 1.82) is 0 Å². The van der Waals surface area contributed by atoms with E-state index in [4.69, 9.17) is 10.7 Å². The second-order valence-corrected chi connectivity index (χ2v) is 6.13. The number of aryl methyl sites for hydroxylation is 1. The van der Waals surface area contributed by atoms with E-state index in [1.54, 1.807) is 0 Å². The monoisotopic (exact) mass is 237 g/mol. The van der Waals surface area contributed by atoms with Gasteiger partial charge in [0.2, 0.25) is 0 Å². The summed E-state index contributed by atoms with van der Waals surface area (Å²) in [6.07, 6.45) is 8.55. The van der Waals surface area contributed by atoms with Crippen LogP contribution in [0.4, 0.5) is 0 Å². The minimum Gasteiger partial charge on any atom is -0.333 e. The summed E-state index contributed by atoms with van der Waals surface area (Å²) in [6.45, 7) is 1.10. The van der Waals surface area contributed by atoms with Gasteiger partial charge < -0.3 is 10.3 Å². The van der Waals surface area contributed by atoms with Crippen LogP contribution in [0.3, 0.4) is 0 Å². The summed E-state index contributed by atoms with van der Waals surface area (Å²) in [4.78, 5) is 4.77. The first kappa shape index (κ1) is 10.7. The van der Waals surface area contributed by atoms with Gasteiger partial charge >= 0.3 is 0 Å². The molecule has 1 saturated heterocycles. The first-order valence-electron chi connectivity index (χ1n) is 6.29. The van der Waals surface area contributed by atoms with Crippen molar-refractivity contribution in [2.75, 3.05) is 5.75 Å². The van der Waals surface area contributed by atoms with Gasteiger partial charge in [0.05, 0.1) is 11.7 Å². The fraction of sp³-hybridized carbons (Fsp3) is 0.750. The standard InChI is InChI=1S/C12H19N3S/c13-9-4-3-6-15-8-10(14-12(9)15)11-5-1-2-7-16-11/h8-9,11H,1-7,13H2. The fourth-order valence-corrected chi connectivity index (χ4v) is 3.94. The summed E-state index contributed by atoms with van der Waals surface area (Å²) < 4.78 is 2.28. The summed E-state index contributed by atoms with van der Waals surface area (Å²) in [5, 5.41) is 0.624. The lowest BCUT2D eigenvalue weighted by molar-refractivity contribution is 0.451. The Labute approximate surface area is 101 Å². The first-order valence-corrected chi connectivity index (χ1v) is 7.33. The maximum Gasteiger partial charge on any atom is 0.126 e. The molecule has 0 aliphatic carbocycles. The molecule has 3 rings (SSSR count). The molecular formula is C12H19N3S. The third kappa shape index (κ3) is 1.89. The van der Waals surface area contributed by atoms with E-state index in [0.29, 0.717) is 5.25 Å². The molecule has 0 bridgehead atoms. The molecule has 3 nitrogen and oxygen atoms in total. The Kier molecular flexibility index (Phi) is 2.94. The molecule has 2 unspecified atom stereocenters. The van der Waals surface area contributed by atoms with Gasteiger partial charge in [-0.25, -0.2) is 4.98 Å². The van der Waals surface area contributed by atoms with E-state index in [1.165, 1.54) is 37.1 Å². The van der Waals surface area contributed by atoms with Crippen molar-refractivity contribution in [2.24, 2.45) is 5.73 Å². The Morgan fingerprint density at radius 1 is 1.31 bits per heavy atom. The zero-order valence-corrected chi connectivity index (χ0v) is 10.4. The van der Waals surface area contributed by atoms with E-state index in [0.717, 1.165) is 18.8 Å². The quantitative estimate of drug-likeness (QED) is 0.816. The normalized spacial score (nSPS) is 30.1. The van der Waals surface area contributed by atoms with Crippen LogP contribution >= 0.6 is 11.8 Å². The van der Waals surface area contributed by atoms with Crippen molar-refractivity contribution in [3.05, 3.63) is 17.7 Å². The number of imidazole rings is 1. The summed E-state index contributed by atoms with van der Waals surface area (Å²) in [5.74, 6) is 2.41. The molecule has 16 heavy (non-hydrogen) atoms. The maximum absolute atomic E-state index is 6.10. The number of nitrogens with zero attached hydrogens (tertiary/aromatic N) is 2. The molecule has 2 N–H and O–H groups in total. The second-order valence-electron chi connectivity index (χ2n) is 4.82. The number of thioether (sulfide) groups is 1. The molecule has 0 radical (unpaired) electrons. The summed E-state index contributed by atoms with van der Waals surface area (Å²) in [5.41, 5.74) is 7.37. The average Bonchev–Trinajstić information content (AvgIpc) is 2.76. The lowest BCUT2D eigenvalue weighted by atomic mass is 10.1. The fourth-order valence-electron chi connectivity index (χ4n) is 2.67. The van der Waals surface area contributed by atoms with Crippen LogP contribution in [0, 0.1) is 0 Å². The van der Waals surface area contributed by atoms with E-state index >= 15 is 0 Å². The number of aromatic nitrogens is 2. The van der Waals surface area contributed by atoms with Gasteiger partial charge in [-0.3, -0.25) is 0 Å². The van der Waals surface area contributed by atoms with Crippen molar-refractivity contribution in [1.82, 2.24) is 9.55 Å². The average molecular weight is 237 g/mol. The van der Waals surface area contributed by atoms with E-state index in [1.807, 2.05) is 0 Å². The highest BCUT2D eigenvalue weighted by atomic mass is 32.2. The van der Waals surface area contributed by atoms with Gasteiger partial charge in [0.25, 0.3) is 0 Å². The summed E-state index contributed by atoms with van der Waals surface area (Å²) in [7, 11) is 0. The van der Waals surface area contributed by atoms with Gasteiger partial charge in [0.15, 0.2) is 0 Å². The molecule has 3 heterocycles. The molecule has 1 aromatic rings. The van der Waals surface area contributed by atoms with Gasteiger partial charge in [0, 0.05) is 18.0 Å². The van der Waals surface area contributed by atoms with E-state index < -0.39 is 0 Å². The molecule has 1 aromatic heterocycles. The van der Waals surface area contributed by atoms with Crippen LogP contribution < -0.4 is 5.73 Å². The van der Waals surface area contributed by atoms with Crippen LogP contribution in [-0.2, 0) is 6.54 Å². The third-order valence-corrected chi connectivity index (χ3v) is 4.99. The molecule has 2 aliphatic rings. The predicted octanol–water partition coefficient (Wildman–Crippen LogP) is 2.63. The Balaban J connectivity index is 1.85. The molecule has 0 saturated carbocycles. The minimum absolute atomic E-state index is 0.163. The SMILES string of the molecule is NC1CCCn2cc(C3CCCCS3)nc21. The van der Waals surface area contributed by atoms with Crippen molar-refractivity contribution < 1.29 is 0 Å². The summed E-state index contributed by atoms with van der Waals surface area (Å²) >= 11 is 2.06. The van der Waals surface area contributed by atoms with Crippen molar-refractivity contribution in [3.8, 4) is 0 Å². The summed E-state index contributed by atoms with van der Waals surface area (Å²) in [6, 6.07) is 0.163. The van der Waals surface area contributed by atoms with Gasteiger partial charge in [-0.2, -0.15) is 11.8 Å². The lowest BCUT2D eigenvalue weighted by Crippen LogP contribution is -2.21. The van der Waals surface area contributed by atoms with Crippen LogP contribution in [0.15, 0.2) is 6.20 Å². The second kappa shape index (κ2) is 4.41. The molecule has 0 amide bonds. The van der Waals surface area contributed by atoms with Crippen LogP contribution in [0.25, 0.3) is 0 Å². The first-order chi connectivity index (χ1) is 7.84. The van der Waals surface area contributed by atoms with Gasteiger partial charge in [-0.1, -0.05) is 6.42 Å². The van der Waals surface area contributed by atoms with Gasteiger partial charge in [-0.15, -0.1) is 0 Å². The molecule has 2 aliphatic heterocycles. The molecule has 0 aromatic carbocycles. The van der Waals surface area contributed by atoms with E-state index in [-0.39, 0.29) is 6.04 Å². The third-order valence-electron chi connectivity index (χ3n) is 3.58. The van der Waals surface area contributed by atoms with Crippen LogP contribution in [0.1, 0.15) is 54.9 Å². The van der Waals surface area contributed by atoms with Crippen molar-refractivity contribution in [3.63, 3.8) is 0 Å². The molecule has 88 valence electrons. The van der Waals surface area contributed by atoms with Gasteiger partial charge in [-0.05, 0) is 31.4 Å². The van der Waals surface area contributed by atoms with E-state index in [2.05, 4.69) is 22.5 Å². The molecule has 0 spiro atoms. The number of nitrogens with two attached hydrogens (primary N) is 1. The number of rotatable bonds is 1. The number of fused-ring (bicyclic) bond motifs is 1. The highest BCUT2D eigenvalue weighted by molar-refractivity contribution is 7.99. The zero-order valence-electron chi connectivity index (χ0n) is 9.56. The lowest BCUT2D eigenvalue weighted by Gasteiger charge is -2.19.